The maximum absolute atomic E-state index is 6.15. The van der Waals surface area contributed by atoms with Crippen molar-refractivity contribution >= 4 is 50.0 Å². The Morgan fingerprint density at radius 3 is 2.69 bits per heavy atom. The molecule has 0 aliphatic heterocycles. The normalized spacial score (nSPS) is 11.5. The Morgan fingerprint density at radius 2 is 1.97 bits per heavy atom. The molecule has 0 unspecified atom stereocenters. The summed E-state index contributed by atoms with van der Waals surface area (Å²) in [5.41, 5.74) is 6.60. The fraction of sp³-hybridized carbons (Fsp3) is 0.238. The molecule has 8 nitrogen and oxygen atoms in total. The average Bonchev–Trinajstić information content (AvgIpc) is 3.50. The Morgan fingerprint density at radius 1 is 1.16 bits per heavy atom. The number of hydrogen-bond acceptors (Lipinski definition) is 7. The Bertz CT molecular complexity index is 1390. The number of aromatic nitrogens is 8. The molecule has 0 radical (unpaired) electrons. The van der Waals surface area contributed by atoms with Gasteiger partial charge in [0.15, 0.2) is 5.65 Å². The predicted molar refractivity (Wildman–Crippen MR) is 129 cm³/mol. The maximum atomic E-state index is 6.15. The highest BCUT2D eigenvalue weighted by Crippen LogP contribution is 2.40. The molecule has 0 atom stereocenters. The Labute approximate surface area is 201 Å². The van der Waals surface area contributed by atoms with Crippen molar-refractivity contribution < 1.29 is 0 Å². The van der Waals surface area contributed by atoms with Crippen molar-refractivity contribution in [2.24, 2.45) is 0 Å². The molecule has 0 aliphatic rings. The van der Waals surface area contributed by atoms with E-state index in [0.29, 0.717) is 12.4 Å². The smallest absolute Gasteiger partial charge is 0.224 e. The number of nitrogens with zero attached hydrogens (tertiary/aromatic N) is 7. The van der Waals surface area contributed by atoms with E-state index in [1.807, 2.05) is 6.92 Å². The summed E-state index contributed by atoms with van der Waals surface area (Å²) < 4.78 is 3.11. The molecule has 0 bridgehead atoms. The molecule has 1 N–H and O–H groups in total. The molecule has 162 valence electrons. The molecule has 0 saturated carbocycles. The summed E-state index contributed by atoms with van der Waals surface area (Å²) in [6.07, 6.45) is 1.86. The van der Waals surface area contributed by atoms with Crippen LogP contribution in [0.4, 0.5) is 0 Å². The molecule has 5 rings (SSSR count). The van der Waals surface area contributed by atoms with E-state index in [1.165, 1.54) is 0 Å². The molecule has 4 aromatic heterocycles. The number of thiophene rings is 1. The van der Waals surface area contributed by atoms with E-state index in [2.05, 4.69) is 87.7 Å². The number of benzene rings is 1. The van der Waals surface area contributed by atoms with Crippen LogP contribution in [0.5, 0.6) is 0 Å². The zero-order chi connectivity index (χ0) is 22.2. The third-order valence-electron chi connectivity index (χ3n) is 5.22. The number of H-pyrrole nitrogens is 1. The van der Waals surface area contributed by atoms with Gasteiger partial charge in [0.2, 0.25) is 11.1 Å². The second-order valence-corrected chi connectivity index (χ2v) is 9.88. The second kappa shape index (κ2) is 8.68. The monoisotopic (exact) mass is 528 g/mol. The highest BCUT2D eigenvalue weighted by Gasteiger charge is 2.18. The molecular formula is C21H18BrClN8S. The van der Waals surface area contributed by atoms with Gasteiger partial charge in [-0.25, -0.2) is 9.97 Å². The van der Waals surface area contributed by atoms with Crippen molar-refractivity contribution in [1.82, 2.24) is 40.1 Å². The van der Waals surface area contributed by atoms with E-state index in [-0.39, 0.29) is 5.28 Å². The summed E-state index contributed by atoms with van der Waals surface area (Å²) in [4.78, 5) is 13.5. The van der Waals surface area contributed by atoms with Gasteiger partial charge in [0, 0.05) is 17.4 Å². The zero-order valence-corrected chi connectivity index (χ0v) is 20.5. The van der Waals surface area contributed by atoms with Gasteiger partial charge in [-0.1, -0.05) is 31.2 Å². The Hall–Kier alpha value is -2.69. The van der Waals surface area contributed by atoms with Crippen molar-refractivity contribution in [2.75, 3.05) is 0 Å². The van der Waals surface area contributed by atoms with Crippen molar-refractivity contribution in [3.63, 3.8) is 0 Å². The third kappa shape index (κ3) is 3.82. The first-order valence-corrected chi connectivity index (χ1v) is 12.1. The van der Waals surface area contributed by atoms with Crippen LogP contribution in [0.2, 0.25) is 5.28 Å². The van der Waals surface area contributed by atoms with Gasteiger partial charge in [0.05, 0.1) is 21.6 Å². The molecule has 0 aliphatic carbocycles. The molecule has 0 spiro atoms. The van der Waals surface area contributed by atoms with Gasteiger partial charge < -0.3 is 4.57 Å². The largest absolute Gasteiger partial charge is 0.308 e. The van der Waals surface area contributed by atoms with Crippen LogP contribution in [-0.4, -0.2) is 40.1 Å². The molecule has 4 heterocycles. The molecule has 0 saturated heterocycles. The van der Waals surface area contributed by atoms with E-state index in [4.69, 9.17) is 16.6 Å². The quantitative estimate of drug-likeness (QED) is 0.293. The summed E-state index contributed by atoms with van der Waals surface area (Å²) in [5, 5.41) is 16.8. The van der Waals surface area contributed by atoms with E-state index >= 15 is 0 Å². The number of aryl methyl sites for hydroxylation is 2. The summed E-state index contributed by atoms with van der Waals surface area (Å²) in [6, 6.07) is 8.47. The van der Waals surface area contributed by atoms with Crippen LogP contribution < -0.4 is 0 Å². The summed E-state index contributed by atoms with van der Waals surface area (Å²) in [7, 11) is 0. The van der Waals surface area contributed by atoms with Crippen molar-refractivity contribution in [2.45, 2.75) is 33.2 Å². The number of nitrogens with one attached hydrogen (secondary N) is 1. The minimum Gasteiger partial charge on any atom is -0.308 e. The number of hydrogen-bond donors (Lipinski definition) is 1. The molecular weight excluding hydrogens is 512 g/mol. The second-order valence-electron chi connectivity index (χ2n) is 7.34. The van der Waals surface area contributed by atoms with Gasteiger partial charge in [-0.3, -0.25) is 0 Å². The van der Waals surface area contributed by atoms with Crippen LogP contribution in [-0.2, 0) is 13.0 Å². The molecule has 5 aromatic rings. The van der Waals surface area contributed by atoms with Crippen LogP contribution >= 0.6 is 38.9 Å². The lowest BCUT2D eigenvalue weighted by molar-refractivity contribution is 0.716. The molecule has 0 amide bonds. The van der Waals surface area contributed by atoms with Gasteiger partial charge >= 0.3 is 0 Å². The molecule has 0 fully saturated rings. The number of fused-ring (bicyclic) bond motifs is 1. The summed E-state index contributed by atoms with van der Waals surface area (Å²) >= 11 is 11.4. The van der Waals surface area contributed by atoms with Crippen LogP contribution in [0.25, 0.3) is 33.7 Å². The van der Waals surface area contributed by atoms with Gasteiger partial charge in [-0.2, -0.15) is 10.2 Å². The lowest BCUT2D eigenvalue weighted by Crippen LogP contribution is -2.06. The molecule has 11 heteroatoms. The third-order valence-corrected chi connectivity index (χ3v) is 7.11. The standard InChI is InChI=1S/C21H18BrClN8S/c1-3-4-15-25-17-11(2)24-21(23)26-20(17)31(15)9-12-5-7-13(8-6-12)14-10-32-18(22)16(14)19-27-29-30-28-19/h5-8,10H,3-4,9H2,1-2H3,(H,27,28,29,30). The van der Waals surface area contributed by atoms with Gasteiger partial charge in [-0.15, -0.1) is 21.5 Å². The summed E-state index contributed by atoms with van der Waals surface area (Å²) in [5.74, 6) is 1.56. The highest BCUT2D eigenvalue weighted by atomic mass is 79.9. The predicted octanol–water partition coefficient (Wildman–Crippen LogP) is 5.46. The number of tetrazole rings is 1. The van der Waals surface area contributed by atoms with E-state index in [1.54, 1.807) is 11.3 Å². The van der Waals surface area contributed by atoms with Crippen molar-refractivity contribution in [3.8, 4) is 22.5 Å². The number of imidazole rings is 1. The van der Waals surface area contributed by atoms with E-state index < -0.39 is 0 Å². The van der Waals surface area contributed by atoms with Crippen LogP contribution in [0, 0.1) is 6.92 Å². The first-order valence-electron chi connectivity index (χ1n) is 10.0. The van der Waals surface area contributed by atoms with Crippen LogP contribution in [0.3, 0.4) is 0 Å². The Balaban J connectivity index is 1.51. The van der Waals surface area contributed by atoms with E-state index in [9.17, 15) is 0 Å². The minimum atomic E-state index is 0.242. The highest BCUT2D eigenvalue weighted by molar-refractivity contribution is 9.11. The lowest BCUT2D eigenvalue weighted by atomic mass is 10.0. The first-order chi connectivity index (χ1) is 15.5. The summed E-state index contributed by atoms with van der Waals surface area (Å²) in [6.45, 7) is 4.71. The zero-order valence-electron chi connectivity index (χ0n) is 17.3. The van der Waals surface area contributed by atoms with Crippen LogP contribution in [0.15, 0.2) is 33.4 Å². The van der Waals surface area contributed by atoms with Gasteiger partial charge in [0.25, 0.3) is 0 Å². The van der Waals surface area contributed by atoms with Gasteiger partial charge in [-0.05, 0) is 57.2 Å². The minimum absolute atomic E-state index is 0.242. The van der Waals surface area contributed by atoms with Crippen molar-refractivity contribution in [3.05, 3.63) is 55.8 Å². The maximum Gasteiger partial charge on any atom is 0.224 e. The van der Waals surface area contributed by atoms with Crippen LogP contribution in [0.1, 0.15) is 30.4 Å². The number of halogens is 2. The molecule has 1 aromatic carbocycles. The van der Waals surface area contributed by atoms with Crippen molar-refractivity contribution in [1.29, 1.82) is 0 Å². The topological polar surface area (TPSA) is 98.1 Å². The fourth-order valence-electron chi connectivity index (χ4n) is 3.72. The molecule has 32 heavy (non-hydrogen) atoms. The average molecular weight is 530 g/mol. The Kier molecular flexibility index (Phi) is 5.75. The number of rotatable bonds is 6. The first kappa shape index (κ1) is 21.2. The fourth-order valence-corrected chi connectivity index (χ4v) is 5.40. The van der Waals surface area contributed by atoms with E-state index in [0.717, 1.165) is 61.6 Å². The SMILES string of the molecule is CCCc1nc2c(C)nc(Cl)nc2n1Cc1ccc(-c2csc(Br)c2-c2nn[nH]n2)cc1. The van der Waals surface area contributed by atoms with Gasteiger partial charge in [0.1, 0.15) is 11.3 Å². The lowest BCUT2D eigenvalue weighted by Gasteiger charge is -2.10. The number of aromatic amines is 1.